The van der Waals surface area contributed by atoms with Gasteiger partial charge < -0.3 is 25.8 Å². The third-order valence-corrected chi connectivity index (χ3v) is 3.69. The lowest BCUT2D eigenvalue weighted by Crippen LogP contribution is -2.43. The van der Waals surface area contributed by atoms with Crippen LogP contribution in [0.15, 0.2) is 16.6 Å². The summed E-state index contributed by atoms with van der Waals surface area (Å²) in [7, 11) is 0. The smallest absolute Gasteiger partial charge is 0.257 e. The van der Waals surface area contributed by atoms with Gasteiger partial charge in [-0.1, -0.05) is 0 Å². The van der Waals surface area contributed by atoms with Gasteiger partial charge in [-0.2, -0.15) is 0 Å². The lowest BCUT2D eigenvalue weighted by Gasteiger charge is -2.29. The van der Waals surface area contributed by atoms with Gasteiger partial charge in [0.05, 0.1) is 6.61 Å². The van der Waals surface area contributed by atoms with Crippen molar-refractivity contribution in [3.8, 4) is 0 Å². The predicted octanol–water partition coefficient (Wildman–Crippen LogP) is -0.616. The van der Waals surface area contributed by atoms with E-state index in [9.17, 15) is 15.3 Å². The number of hydrogen-bond acceptors (Lipinski definition) is 10. The monoisotopic (exact) mass is 349 g/mol. The van der Waals surface area contributed by atoms with Gasteiger partial charge in [-0.25, -0.2) is 15.0 Å². The molecule has 0 saturated carbocycles. The van der Waals surface area contributed by atoms with Gasteiger partial charge in [0.15, 0.2) is 17.0 Å². The minimum absolute atomic E-state index is 0.00449. The fourth-order valence-corrected chi connectivity index (χ4v) is 2.61. The van der Waals surface area contributed by atoms with Crippen molar-refractivity contribution in [3.63, 3.8) is 0 Å². The van der Waals surface area contributed by atoms with E-state index in [1.807, 2.05) is 0 Å². The largest absolute Gasteiger partial charge is 0.394 e. The van der Waals surface area contributed by atoms with Crippen molar-refractivity contribution in [1.29, 1.82) is 0 Å². The maximum absolute atomic E-state index is 10.4. The number of nitrogens with two attached hydrogens (primary N) is 1. The van der Waals surface area contributed by atoms with Crippen LogP contribution in [0.2, 0.25) is 0 Å². The topological polar surface area (TPSA) is 237 Å². The summed E-state index contributed by atoms with van der Waals surface area (Å²) < 4.78 is 6.30. The number of nitrogens with zero attached hydrogens (tertiary/aromatic N) is 10. The Morgan fingerprint density at radius 3 is 2.72 bits per heavy atom. The molecule has 1 aliphatic rings. The molecule has 0 amide bonds. The molecule has 15 heteroatoms. The van der Waals surface area contributed by atoms with Crippen LogP contribution in [0.3, 0.4) is 0 Å². The third kappa shape index (κ3) is 2.28. The molecule has 3 heterocycles. The van der Waals surface area contributed by atoms with Crippen LogP contribution in [0.4, 0.5) is 11.8 Å². The van der Waals surface area contributed by atoms with Gasteiger partial charge >= 0.3 is 0 Å². The minimum atomic E-state index is -2.32. The molecular formula is C10H11N11O4. The molecule has 1 fully saturated rings. The van der Waals surface area contributed by atoms with Crippen LogP contribution >= 0.6 is 0 Å². The van der Waals surface area contributed by atoms with Gasteiger partial charge in [0.25, 0.3) is 5.85 Å². The van der Waals surface area contributed by atoms with Crippen molar-refractivity contribution in [2.24, 2.45) is 10.2 Å². The maximum atomic E-state index is 10.4. The Labute approximate surface area is 137 Å². The molecule has 0 spiro atoms. The zero-order valence-corrected chi connectivity index (χ0v) is 12.3. The molecule has 0 unspecified atom stereocenters. The van der Waals surface area contributed by atoms with E-state index in [1.54, 1.807) is 0 Å². The highest BCUT2D eigenvalue weighted by molar-refractivity contribution is 5.83. The molecule has 0 radical (unpaired) electrons. The summed E-state index contributed by atoms with van der Waals surface area (Å²) in [6, 6.07) is 0. The van der Waals surface area contributed by atoms with Crippen molar-refractivity contribution in [2.75, 3.05) is 12.3 Å². The van der Waals surface area contributed by atoms with E-state index in [4.69, 9.17) is 21.5 Å². The van der Waals surface area contributed by atoms with Crippen LogP contribution in [-0.2, 0) is 10.6 Å². The van der Waals surface area contributed by atoms with Crippen molar-refractivity contribution >= 4 is 22.9 Å². The second kappa shape index (κ2) is 6.03. The van der Waals surface area contributed by atoms with Gasteiger partial charge in [-0.3, -0.25) is 4.57 Å². The SMILES string of the molecule is [N-]=[N+]=Nc1nc2c(N)ncnc2n1[C@]1(N=[N+]=[N-])O[C@H](CO)[C@@H](O)[C@H]1O. The Kier molecular flexibility index (Phi) is 4.02. The molecular weight excluding hydrogens is 338 g/mol. The summed E-state index contributed by atoms with van der Waals surface area (Å²) in [5, 5.41) is 36.6. The summed E-state index contributed by atoms with van der Waals surface area (Å²) >= 11 is 0. The molecule has 2 aromatic rings. The molecule has 3 rings (SSSR count). The first-order valence-corrected chi connectivity index (χ1v) is 6.75. The number of fused-ring (bicyclic) bond motifs is 1. The van der Waals surface area contributed by atoms with Crippen molar-refractivity contribution < 1.29 is 20.1 Å². The zero-order valence-electron chi connectivity index (χ0n) is 12.3. The molecule has 2 aromatic heterocycles. The first-order chi connectivity index (χ1) is 12.0. The normalized spacial score (nSPS) is 28.5. The lowest BCUT2D eigenvalue weighted by atomic mass is 10.1. The van der Waals surface area contributed by atoms with Gasteiger partial charge in [-0.05, 0) is 21.3 Å². The van der Waals surface area contributed by atoms with E-state index < -0.39 is 36.7 Å². The number of aliphatic hydroxyl groups excluding tert-OH is 3. The molecule has 25 heavy (non-hydrogen) atoms. The Hall–Kier alpha value is -3.19. The molecule has 1 aliphatic heterocycles. The number of azide groups is 2. The maximum Gasteiger partial charge on any atom is 0.257 e. The summed E-state index contributed by atoms with van der Waals surface area (Å²) in [6.45, 7) is -0.679. The molecule has 1 saturated heterocycles. The van der Waals surface area contributed by atoms with E-state index in [2.05, 4.69) is 35.0 Å². The number of rotatable bonds is 4. The molecule has 130 valence electrons. The molecule has 5 N–H and O–H groups in total. The van der Waals surface area contributed by atoms with Crippen molar-refractivity contribution in [3.05, 3.63) is 27.2 Å². The third-order valence-electron chi connectivity index (χ3n) is 3.69. The summed E-state index contributed by atoms with van der Waals surface area (Å²) in [5.41, 5.74) is 23.3. The molecule has 15 nitrogen and oxygen atoms in total. The van der Waals surface area contributed by atoms with E-state index in [0.29, 0.717) is 0 Å². The number of anilines is 1. The molecule has 0 aromatic carbocycles. The fourth-order valence-electron chi connectivity index (χ4n) is 2.61. The second-order valence-corrected chi connectivity index (χ2v) is 4.99. The average Bonchev–Trinajstić information content (AvgIpc) is 3.08. The van der Waals surface area contributed by atoms with E-state index in [1.165, 1.54) is 0 Å². The summed E-state index contributed by atoms with van der Waals surface area (Å²) in [4.78, 5) is 16.9. The highest BCUT2D eigenvalue weighted by atomic mass is 16.6. The first-order valence-electron chi connectivity index (χ1n) is 6.75. The summed E-state index contributed by atoms with van der Waals surface area (Å²) in [5.74, 6) is -2.79. The van der Waals surface area contributed by atoms with Crippen LogP contribution in [0.5, 0.6) is 0 Å². The fraction of sp³-hybridized carbons (Fsp3) is 0.500. The number of nitrogen functional groups attached to an aromatic ring is 1. The number of imidazole rings is 1. The van der Waals surface area contributed by atoms with Crippen molar-refractivity contribution in [2.45, 2.75) is 24.2 Å². The molecule has 4 atom stereocenters. The highest BCUT2D eigenvalue weighted by Crippen LogP contribution is 2.42. The van der Waals surface area contributed by atoms with Gasteiger partial charge in [0.2, 0.25) is 5.95 Å². The van der Waals surface area contributed by atoms with Crippen LogP contribution in [0.25, 0.3) is 32.0 Å². The molecule has 0 bridgehead atoms. The van der Waals surface area contributed by atoms with E-state index >= 15 is 0 Å². The zero-order chi connectivity index (χ0) is 18.2. The Morgan fingerprint density at radius 1 is 1.36 bits per heavy atom. The van der Waals surface area contributed by atoms with Gasteiger partial charge in [-0.15, -0.1) is 0 Å². The Bertz CT molecular complexity index is 917. The number of aliphatic hydroxyl groups is 3. The van der Waals surface area contributed by atoms with Gasteiger partial charge in [0, 0.05) is 9.82 Å². The molecule has 0 aliphatic carbocycles. The van der Waals surface area contributed by atoms with E-state index in [0.717, 1.165) is 10.9 Å². The number of ether oxygens (including phenoxy) is 1. The lowest BCUT2D eigenvalue weighted by molar-refractivity contribution is -0.139. The Balaban J connectivity index is 2.39. The van der Waals surface area contributed by atoms with Crippen LogP contribution in [-0.4, -0.2) is 59.8 Å². The van der Waals surface area contributed by atoms with Gasteiger partial charge in [0.1, 0.15) is 24.6 Å². The minimum Gasteiger partial charge on any atom is -0.394 e. The number of aromatic nitrogens is 4. The standard InChI is InChI=1S/C10H11N11O4/c11-7-4-8(15-2-14-7)21(9(16-4)17-19-12)10(18-20-13)6(24)5(23)3(1-22)25-10/h2-3,5-6,22-24H,1H2,(H2,11,14,15)/t3-,5-,6-,10+/m1/s1. The van der Waals surface area contributed by atoms with Crippen LogP contribution < -0.4 is 5.73 Å². The van der Waals surface area contributed by atoms with Crippen molar-refractivity contribution in [1.82, 2.24) is 19.5 Å². The van der Waals surface area contributed by atoms with E-state index in [-0.39, 0.29) is 17.0 Å². The quantitative estimate of drug-likeness (QED) is 0.314. The first kappa shape index (κ1) is 16.7. The average molecular weight is 349 g/mol. The van der Waals surface area contributed by atoms with Crippen LogP contribution in [0.1, 0.15) is 0 Å². The Morgan fingerprint density at radius 2 is 2.12 bits per heavy atom. The highest BCUT2D eigenvalue weighted by Gasteiger charge is 2.57. The predicted molar refractivity (Wildman–Crippen MR) is 79.6 cm³/mol. The number of hydrogen-bond donors (Lipinski definition) is 4. The summed E-state index contributed by atoms with van der Waals surface area (Å²) in [6.07, 6.45) is -3.65. The van der Waals surface area contributed by atoms with Crippen LogP contribution in [0, 0.1) is 0 Å². The second-order valence-electron chi connectivity index (χ2n) is 4.99.